The summed E-state index contributed by atoms with van der Waals surface area (Å²) in [6.07, 6.45) is 3.11. The van der Waals surface area contributed by atoms with Crippen LogP contribution in [0, 0.1) is 0 Å². The second-order valence-corrected chi connectivity index (χ2v) is 5.17. The highest BCUT2D eigenvalue weighted by molar-refractivity contribution is 7.09. The first-order valence-corrected chi connectivity index (χ1v) is 6.71. The predicted molar refractivity (Wildman–Crippen MR) is 70.4 cm³/mol. The Bertz CT molecular complexity index is 464. The van der Waals surface area contributed by atoms with Crippen LogP contribution in [0.5, 0.6) is 0 Å². The van der Waals surface area contributed by atoms with Crippen molar-refractivity contribution in [2.75, 3.05) is 0 Å². The zero-order chi connectivity index (χ0) is 11.4. The number of aromatic nitrogens is 1. The summed E-state index contributed by atoms with van der Waals surface area (Å²) in [6.45, 7) is 2.18. The Morgan fingerprint density at radius 1 is 1.38 bits per heavy atom. The van der Waals surface area contributed by atoms with Crippen LogP contribution in [0.3, 0.4) is 0 Å². The summed E-state index contributed by atoms with van der Waals surface area (Å²) in [6, 6.07) is 7.98. The highest BCUT2D eigenvalue weighted by atomic mass is 35.5. The number of thiazole rings is 1. The lowest BCUT2D eigenvalue weighted by molar-refractivity contribution is 0.883. The minimum atomic E-state index is 0.794. The summed E-state index contributed by atoms with van der Waals surface area (Å²) in [5.74, 6) is 0. The van der Waals surface area contributed by atoms with Gasteiger partial charge in [-0.3, -0.25) is 0 Å². The fraction of sp³-hybridized carbons (Fsp3) is 0.308. The van der Waals surface area contributed by atoms with E-state index in [1.165, 1.54) is 16.3 Å². The molecule has 0 aliphatic rings. The fourth-order valence-corrected chi connectivity index (χ4v) is 2.70. The maximum atomic E-state index is 5.95. The molecule has 3 heteroatoms. The van der Waals surface area contributed by atoms with Crippen LogP contribution < -0.4 is 0 Å². The lowest BCUT2D eigenvalue weighted by atomic mass is 10.2. The van der Waals surface area contributed by atoms with Crippen LogP contribution in [0.4, 0.5) is 0 Å². The van der Waals surface area contributed by atoms with E-state index in [1.54, 1.807) is 11.3 Å². The zero-order valence-corrected chi connectivity index (χ0v) is 10.8. The highest BCUT2D eigenvalue weighted by Crippen LogP contribution is 2.18. The Balaban J connectivity index is 2.08. The molecule has 0 saturated heterocycles. The van der Waals surface area contributed by atoms with Gasteiger partial charge < -0.3 is 0 Å². The van der Waals surface area contributed by atoms with E-state index in [-0.39, 0.29) is 0 Å². The monoisotopic (exact) mass is 251 g/mol. The molecule has 0 unspecified atom stereocenters. The van der Waals surface area contributed by atoms with Gasteiger partial charge in [-0.05, 0) is 24.1 Å². The molecular weight excluding hydrogens is 238 g/mol. The highest BCUT2D eigenvalue weighted by Gasteiger charge is 2.03. The van der Waals surface area contributed by atoms with Gasteiger partial charge >= 0.3 is 0 Å². The number of hydrogen-bond donors (Lipinski definition) is 0. The van der Waals surface area contributed by atoms with Crippen LogP contribution in [0.15, 0.2) is 29.6 Å². The van der Waals surface area contributed by atoms with E-state index >= 15 is 0 Å². The van der Waals surface area contributed by atoms with Gasteiger partial charge in [0.05, 0.1) is 10.7 Å². The van der Waals surface area contributed by atoms with E-state index < -0.39 is 0 Å². The number of nitrogens with zero attached hydrogens (tertiary/aromatic N) is 1. The number of hydrogen-bond acceptors (Lipinski definition) is 2. The standard InChI is InChI=1S/C13H14ClNS/c1-2-4-12-9-16-13(15-12)8-10-5-3-6-11(14)7-10/h3,5-7,9H,2,4,8H2,1H3. The maximum absolute atomic E-state index is 5.95. The molecule has 0 radical (unpaired) electrons. The van der Waals surface area contributed by atoms with Gasteiger partial charge in [-0.2, -0.15) is 0 Å². The lowest BCUT2D eigenvalue weighted by Crippen LogP contribution is -1.89. The van der Waals surface area contributed by atoms with E-state index in [2.05, 4.69) is 23.4 Å². The summed E-state index contributed by atoms with van der Waals surface area (Å²) in [4.78, 5) is 4.60. The molecule has 84 valence electrons. The Labute approximate surface area is 105 Å². The van der Waals surface area contributed by atoms with Crippen molar-refractivity contribution in [2.45, 2.75) is 26.2 Å². The van der Waals surface area contributed by atoms with E-state index in [4.69, 9.17) is 11.6 Å². The summed E-state index contributed by atoms with van der Waals surface area (Å²) in [7, 11) is 0. The number of aryl methyl sites for hydroxylation is 1. The third kappa shape index (κ3) is 3.06. The average molecular weight is 252 g/mol. The summed E-state index contributed by atoms with van der Waals surface area (Å²) in [5.41, 5.74) is 2.44. The largest absolute Gasteiger partial charge is 0.246 e. The molecule has 2 rings (SSSR count). The van der Waals surface area contributed by atoms with Gasteiger partial charge in [-0.15, -0.1) is 11.3 Å². The molecule has 0 saturated carbocycles. The second kappa shape index (κ2) is 5.46. The molecule has 0 spiro atoms. The van der Waals surface area contributed by atoms with Gasteiger partial charge in [-0.25, -0.2) is 4.98 Å². The zero-order valence-electron chi connectivity index (χ0n) is 9.24. The molecule has 0 N–H and O–H groups in total. The smallest absolute Gasteiger partial charge is 0.0972 e. The molecular formula is C13H14ClNS. The Hall–Kier alpha value is -0.860. The first-order chi connectivity index (χ1) is 7.78. The first-order valence-electron chi connectivity index (χ1n) is 5.45. The van der Waals surface area contributed by atoms with E-state index in [0.29, 0.717) is 0 Å². The molecule has 0 aliphatic heterocycles. The van der Waals surface area contributed by atoms with Crippen molar-refractivity contribution in [3.8, 4) is 0 Å². The van der Waals surface area contributed by atoms with Crippen LogP contribution in [-0.4, -0.2) is 4.98 Å². The number of halogens is 1. The molecule has 0 fully saturated rings. The normalized spacial score (nSPS) is 10.6. The molecule has 0 atom stereocenters. The Morgan fingerprint density at radius 2 is 2.25 bits per heavy atom. The Kier molecular flexibility index (Phi) is 3.97. The van der Waals surface area contributed by atoms with Gasteiger partial charge in [0.15, 0.2) is 0 Å². The van der Waals surface area contributed by atoms with Crippen LogP contribution in [-0.2, 0) is 12.8 Å². The minimum Gasteiger partial charge on any atom is -0.246 e. The van der Waals surface area contributed by atoms with Gasteiger partial charge in [0.1, 0.15) is 0 Å². The van der Waals surface area contributed by atoms with Crippen molar-refractivity contribution in [1.29, 1.82) is 0 Å². The van der Waals surface area contributed by atoms with Crippen molar-refractivity contribution in [1.82, 2.24) is 4.98 Å². The molecule has 2 aromatic rings. The summed E-state index contributed by atoms with van der Waals surface area (Å²) >= 11 is 7.68. The van der Waals surface area contributed by atoms with Crippen LogP contribution in [0.2, 0.25) is 5.02 Å². The van der Waals surface area contributed by atoms with Gasteiger partial charge in [0.25, 0.3) is 0 Å². The molecule has 1 aromatic heterocycles. The summed E-state index contributed by atoms with van der Waals surface area (Å²) in [5, 5.41) is 4.12. The number of rotatable bonds is 4. The number of benzene rings is 1. The molecule has 1 nitrogen and oxygen atoms in total. The van der Waals surface area contributed by atoms with E-state index in [1.807, 2.05) is 18.2 Å². The van der Waals surface area contributed by atoms with Crippen molar-refractivity contribution < 1.29 is 0 Å². The first kappa shape index (κ1) is 11.6. The molecule has 1 heterocycles. The molecule has 16 heavy (non-hydrogen) atoms. The van der Waals surface area contributed by atoms with Gasteiger partial charge in [-0.1, -0.05) is 37.1 Å². The average Bonchev–Trinajstić information content (AvgIpc) is 2.66. The predicted octanol–water partition coefficient (Wildman–Crippen LogP) is 4.34. The topological polar surface area (TPSA) is 12.9 Å². The third-order valence-corrected chi connectivity index (χ3v) is 3.48. The molecule has 1 aromatic carbocycles. The third-order valence-electron chi connectivity index (χ3n) is 2.35. The molecule has 0 amide bonds. The van der Waals surface area contributed by atoms with Crippen LogP contribution in [0.25, 0.3) is 0 Å². The molecule has 0 bridgehead atoms. The lowest BCUT2D eigenvalue weighted by Gasteiger charge is -1.98. The molecule has 0 aliphatic carbocycles. The van der Waals surface area contributed by atoms with E-state index in [9.17, 15) is 0 Å². The van der Waals surface area contributed by atoms with Crippen molar-refractivity contribution >= 4 is 22.9 Å². The fourth-order valence-electron chi connectivity index (χ4n) is 1.62. The quantitative estimate of drug-likeness (QED) is 0.788. The van der Waals surface area contributed by atoms with Crippen molar-refractivity contribution in [3.63, 3.8) is 0 Å². The van der Waals surface area contributed by atoms with Crippen LogP contribution >= 0.6 is 22.9 Å². The SMILES string of the molecule is CCCc1csc(Cc2cccc(Cl)c2)n1. The second-order valence-electron chi connectivity index (χ2n) is 3.79. The minimum absolute atomic E-state index is 0.794. The van der Waals surface area contributed by atoms with Crippen LogP contribution in [0.1, 0.15) is 29.6 Å². The van der Waals surface area contributed by atoms with Gasteiger partial charge in [0, 0.05) is 16.8 Å². The maximum Gasteiger partial charge on any atom is 0.0972 e. The van der Waals surface area contributed by atoms with Gasteiger partial charge in [0.2, 0.25) is 0 Å². The summed E-state index contributed by atoms with van der Waals surface area (Å²) < 4.78 is 0. The van der Waals surface area contributed by atoms with Crippen molar-refractivity contribution in [2.24, 2.45) is 0 Å². The Morgan fingerprint density at radius 3 is 3.00 bits per heavy atom. The van der Waals surface area contributed by atoms with Crippen molar-refractivity contribution in [3.05, 3.63) is 50.9 Å². The van der Waals surface area contributed by atoms with E-state index in [0.717, 1.165) is 24.3 Å².